The van der Waals surface area contributed by atoms with Gasteiger partial charge >= 0.3 is 0 Å². The van der Waals surface area contributed by atoms with Gasteiger partial charge in [0.05, 0.1) is 12.1 Å². The van der Waals surface area contributed by atoms with E-state index in [0.717, 1.165) is 32.3 Å². The Morgan fingerprint density at radius 2 is 2.25 bits per heavy atom. The zero-order valence-electron chi connectivity index (χ0n) is 7.21. The summed E-state index contributed by atoms with van der Waals surface area (Å²) >= 11 is 0. The Kier molecular flexibility index (Phi) is 1.93. The molecule has 1 aliphatic carbocycles. The Labute approximate surface area is 72.3 Å². The lowest BCUT2D eigenvalue weighted by molar-refractivity contribution is -0.131. The molecule has 0 aromatic carbocycles. The molecule has 0 aromatic heterocycles. The highest BCUT2D eigenvalue weighted by atomic mass is 16.5. The lowest BCUT2D eigenvalue weighted by Gasteiger charge is -2.37. The minimum Gasteiger partial charge on any atom is -0.381 e. The van der Waals surface area contributed by atoms with Crippen LogP contribution in [0.2, 0.25) is 0 Å². The first kappa shape index (κ1) is 8.20. The molecule has 0 radical (unpaired) electrons. The van der Waals surface area contributed by atoms with Crippen LogP contribution in [0.5, 0.6) is 0 Å². The quantitative estimate of drug-likeness (QED) is 0.654. The largest absolute Gasteiger partial charge is 0.381 e. The maximum Gasteiger partial charge on any atom is 0.158 e. The molecule has 1 atom stereocenters. The monoisotopic (exact) mass is 169 g/mol. The van der Waals surface area contributed by atoms with E-state index in [1.165, 1.54) is 0 Å². The Bertz CT molecular complexity index is 193. The number of hydrogen-bond donors (Lipinski definition) is 1. The zero-order valence-corrected chi connectivity index (χ0v) is 7.21. The van der Waals surface area contributed by atoms with E-state index < -0.39 is 5.54 Å². The second-order valence-electron chi connectivity index (χ2n) is 3.93. The number of carbonyl (C=O) groups is 1. The van der Waals surface area contributed by atoms with E-state index >= 15 is 0 Å². The molecule has 0 spiro atoms. The molecule has 2 aliphatic rings. The van der Waals surface area contributed by atoms with Crippen molar-refractivity contribution in [3.63, 3.8) is 0 Å². The van der Waals surface area contributed by atoms with Gasteiger partial charge in [0.1, 0.15) is 0 Å². The molecule has 0 bridgehead atoms. The van der Waals surface area contributed by atoms with Crippen LogP contribution in [0.3, 0.4) is 0 Å². The van der Waals surface area contributed by atoms with Crippen molar-refractivity contribution < 1.29 is 9.53 Å². The summed E-state index contributed by atoms with van der Waals surface area (Å²) in [7, 11) is 0. The number of ketones is 1. The third kappa shape index (κ3) is 1.17. The van der Waals surface area contributed by atoms with Crippen LogP contribution >= 0.6 is 0 Å². The van der Waals surface area contributed by atoms with Crippen LogP contribution in [0.15, 0.2) is 0 Å². The Hall–Kier alpha value is -0.410. The fraction of sp³-hybridized carbons (Fsp3) is 0.889. The molecule has 1 aliphatic heterocycles. The zero-order chi connectivity index (χ0) is 8.60. The molecule has 3 nitrogen and oxygen atoms in total. The predicted molar refractivity (Wildman–Crippen MR) is 44.7 cm³/mol. The molecule has 0 amide bonds. The van der Waals surface area contributed by atoms with Crippen molar-refractivity contribution in [1.82, 2.24) is 0 Å². The van der Waals surface area contributed by atoms with E-state index in [4.69, 9.17) is 10.5 Å². The first-order chi connectivity index (χ1) is 5.72. The van der Waals surface area contributed by atoms with Gasteiger partial charge in [-0.2, -0.15) is 0 Å². The summed E-state index contributed by atoms with van der Waals surface area (Å²) in [4.78, 5) is 11.7. The maximum atomic E-state index is 11.7. The molecule has 1 saturated carbocycles. The van der Waals surface area contributed by atoms with E-state index in [0.29, 0.717) is 6.61 Å². The highest BCUT2D eigenvalue weighted by Crippen LogP contribution is 2.33. The van der Waals surface area contributed by atoms with Gasteiger partial charge in [-0.1, -0.05) is 0 Å². The molecule has 2 fully saturated rings. The summed E-state index contributed by atoms with van der Waals surface area (Å²) in [5.74, 6) is 0.335. The van der Waals surface area contributed by atoms with Gasteiger partial charge in [-0.05, 0) is 25.7 Å². The lowest BCUT2D eigenvalue weighted by atomic mass is 9.71. The van der Waals surface area contributed by atoms with Crippen LogP contribution in [-0.4, -0.2) is 24.5 Å². The Balaban J connectivity index is 1.98. The van der Waals surface area contributed by atoms with Gasteiger partial charge in [-0.25, -0.2) is 0 Å². The van der Waals surface area contributed by atoms with Gasteiger partial charge in [-0.15, -0.1) is 0 Å². The predicted octanol–water partition coefficient (Wildman–Crippen LogP) is 0.473. The molecule has 1 unspecified atom stereocenters. The van der Waals surface area contributed by atoms with E-state index in [1.54, 1.807) is 0 Å². The highest BCUT2D eigenvalue weighted by molar-refractivity contribution is 5.91. The number of Topliss-reactive ketones (excluding diaryl/α,β-unsaturated/α-hetero) is 1. The first-order valence-electron chi connectivity index (χ1n) is 4.63. The summed E-state index contributed by atoms with van der Waals surface area (Å²) in [6.45, 7) is 1.32. The van der Waals surface area contributed by atoms with Crippen LogP contribution in [0, 0.1) is 5.92 Å². The molecule has 1 saturated heterocycles. The second-order valence-corrected chi connectivity index (χ2v) is 3.93. The van der Waals surface area contributed by atoms with Gasteiger partial charge in [0.25, 0.3) is 0 Å². The van der Waals surface area contributed by atoms with E-state index in [9.17, 15) is 4.79 Å². The fourth-order valence-corrected chi connectivity index (χ4v) is 1.95. The van der Waals surface area contributed by atoms with Gasteiger partial charge < -0.3 is 10.5 Å². The van der Waals surface area contributed by atoms with Crippen molar-refractivity contribution >= 4 is 5.78 Å². The summed E-state index contributed by atoms with van der Waals surface area (Å²) in [6.07, 6.45) is 3.73. The molecule has 2 N–H and O–H groups in total. The Morgan fingerprint density at radius 1 is 1.50 bits per heavy atom. The van der Waals surface area contributed by atoms with Gasteiger partial charge in [0, 0.05) is 12.5 Å². The van der Waals surface area contributed by atoms with Gasteiger partial charge in [0.15, 0.2) is 5.78 Å². The van der Waals surface area contributed by atoms with Crippen LogP contribution in [-0.2, 0) is 9.53 Å². The molecule has 0 aromatic rings. The fourth-order valence-electron chi connectivity index (χ4n) is 1.95. The van der Waals surface area contributed by atoms with Gasteiger partial charge in [-0.3, -0.25) is 4.79 Å². The van der Waals surface area contributed by atoms with E-state index in [-0.39, 0.29) is 11.7 Å². The van der Waals surface area contributed by atoms with Crippen molar-refractivity contribution in [3.8, 4) is 0 Å². The smallest absolute Gasteiger partial charge is 0.158 e. The maximum absolute atomic E-state index is 11.7. The number of hydrogen-bond acceptors (Lipinski definition) is 3. The molecular formula is C9H15NO2. The van der Waals surface area contributed by atoms with Crippen molar-refractivity contribution in [2.24, 2.45) is 11.7 Å². The Morgan fingerprint density at radius 3 is 2.67 bits per heavy atom. The number of rotatable bonds is 2. The average Bonchev–Trinajstić information content (AvgIpc) is 2.50. The number of nitrogens with two attached hydrogens (primary N) is 1. The summed E-state index contributed by atoms with van der Waals surface area (Å²) in [5.41, 5.74) is 5.45. The second kappa shape index (κ2) is 2.82. The van der Waals surface area contributed by atoms with Crippen LogP contribution < -0.4 is 5.73 Å². The van der Waals surface area contributed by atoms with Crippen molar-refractivity contribution in [2.75, 3.05) is 13.2 Å². The molecule has 1 heterocycles. The minimum atomic E-state index is -0.474. The van der Waals surface area contributed by atoms with Gasteiger partial charge in [0.2, 0.25) is 0 Å². The molecule has 3 heteroatoms. The van der Waals surface area contributed by atoms with E-state index in [1.807, 2.05) is 0 Å². The highest BCUT2D eigenvalue weighted by Gasteiger charge is 2.43. The minimum absolute atomic E-state index is 0.0929. The topological polar surface area (TPSA) is 52.3 Å². The molecular weight excluding hydrogens is 154 g/mol. The van der Waals surface area contributed by atoms with E-state index in [2.05, 4.69) is 0 Å². The summed E-state index contributed by atoms with van der Waals surface area (Å²) in [6, 6.07) is 0. The number of ether oxygens (including phenoxy) is 1. The van der Waals surface area contributed by atoms with Crippen molar-refractivity contribution in [1.29, 1.82) is 0 Å². The van der Waals surface area contributed by atoms with Crippen molar-refractivity contribution in [2.45, 2.75) is 31.2 Å². The molecule has 12 heavy (non-hydrogen) atoms. The summed E-state index contributed by atoms with van der Waals surface area (Å²) < 4.78 is 5.17. The standard InChI is InChI=1S/C9H15NO2/c10-9(3-1-4-9)8(11)7-2-5-12-6-7/h7H,1-6,10H2. The normalized spacial score (nSPS) is 32.9. The van der Waals surface area contributed by atoms with Crippen molar-refractivity contribution in [3.05, 3.63) is 0 Å². The average molecular weight is 169 g/mol. The first-order valence-corrected chi connectivity index (χ1v) is 4.63. The lowest BCUT2D eigenvalue weighted by Crippen LogP contribution is -2.56. The van der Waals surface area contributed by atoms with Crippen LogP contribution in [0.25, 0.3) is 0 Å². The third-order valence-electron chi connectivity index (χ3n) is 3.04. The molecule has 2 rings (SSSR count). The SMILES string of the molecule is NC1(C(=O)C2CCOC2)CCC1. The van der Waals surface area contributed by atoms with Crippen LogP contribution in [0.1, 0.15) is 25.7 Å². The third-order valence-corrected chi connectivity index (χ3v) is 3.04. The summed E-state index contributed by atoms with van der Waals surface area (Å²) in [5, 5.41) is 0. The van der Waals surface area contributed by atoms with Crippen LogP contribution in [0.4, 0.5) is 0 Å². The number of carbonyl (C=O) groups excluding carboxylic acids is 1. The molecule has 68 valence electrons.